The third kappa shape index (κ3) is 12.0. The molecular formula is C11H21ClO. The molecule has 0 heterocycles. The quantitative estimate of drug-likeness (QED) is 0.346. The van der Waals surface area contributed by atoms with Gasteiger partial charge in [-0.25, -0.2) is 0 Å². The minimum atomic E-state index is 0.270. The van der Waals surface area contributed by atoms with Crippen molar-refractivity contribution < 1.29 is 5.11 Å². The molecule has 0 saturated heterocycles. The van der Waals surface area contributed by atoms with E-state index in [0.717, 1.165) is 25.1 Å². The summed E-state index contributed by atoms with van der Waals surface area (Å²) in [7, 11) is 0. The summed E-state index contributed by atoms with van der Waals surface area (Å²) in [5, 5.41) is 8.50. The van der Waals surface area contributed by atoms with Crippen LogP contribution in [-0.4, -0.2) is 17.6 Å². The number of aliphatic hydroxyl groups excluding tert-OH is 1. The standard InChI is InChI=1S/C11H21ClO/c12-10-8-6-4-2-1-3-5-7-9-11-13/h5,7,13H,1-4,6,8-11H2/b7-5-. The van der Waals surface area contributed by atoms with Crippen molar-refractivity contribution in [3.63, 3.8) is 0 Å². The van der Waals surface area contributed by atoms with E-state index < -0.39 is 0 Å². The Balaban J connectivity index is 2.91. The Labute approximate surface area is 86.8 Å². The van der Waals surface area contributed by atoms with E-state index in [1.807, 2.05) is 0 Å². The van der Waals surface area contributed by atoms with E-state index in [1.165, 1.54) is 25.7 Å². The molecule has 0 aliphatic rings. The lowest BCUT2D eigenvalue weighted by Gasteiger charge is -1.96. The van der Waals surface area contributed by atoms with Crippen molar-refractivity contribution >= 4 is 11.6 Å². The normalized spacial score (nSPS) is 11.2. The van der Waals surface area contributed by atoms with E-state index in [9.17, 15) is 0 Å². The maximum Gasteiger partial charge on any atom is 0.0465 e. The summed E-state index contributed by atoms with van der Waals surface area (Å²) in [4.78, 5) is 0. The van der Waals surface area contributed by atoms with Gasteiger partial charge < -0.3 is 5.11 Å². The fourth-order valence-corrected chi connectivity index (χ4v) is 1.39. The Bertz CT molecular complexity index is 113. The molecule has 0 bridgehead atoms. The highest BCUT2D eigenvalue weighted by Gasteiger charge is 1.88. The molecule has 13 heavy (non-hydrogen) atoms. The Kier molecular flexibility index (Phi) is 12.0. The molecule has 0 amide bonds. The highest BCUT2D eigenvalue weighted by Crippen LogP contribution is 2.06. The molecule has 1 N–H and O–H groups in total. The Morgan fingerprint density at radius 2 is 1.46 bits per heavy atom. The molecule has 0 atom stereocenters. The van der Waals surface area contributed by atoms with Crippen molar-refractivity contribution in [1.29, 1.82) is 0 Å². The molecule has 0 aliphatic heterocycles. The highest BCUT2D eigenvalue weighted by molar-refractivity contribution is 6.17. The SMILES string of the molecule is OCC/C=C\CCCCCCCCl. The Morgan fingerprint density at radius 1 is 0.846 bits per heavy atom. The van der Waals surface area contributed by atoms with E-state index in [1.54, 1.807) is 0 Å². The first-order valence-electron chi connectivity index (χ1n) is 5.23. The fourth-order valence-electron chi connectivity index (χ4n) is 1.20. The summed E-state index contributed by atoms with van der Waals surface area (Å²) >= 11 is 5.56. The summed E-state index contributed by atoms with van der Waals surface area (Å²) in [5.74, 6) is 0.802. The van der Waals surface area contributed by atoms with Gasteiger partial charge in [0.1, 0.15) is 0 Å². The highest BCUT2D eigenvalue weighted by atomic mass is 35.5. The van der Waals surface area contributed by atoms with Crippen LogP contribution in [0.2, 0.25) is 0 Å². The minimum Gasteiger partial charge on any atom is -0.396 e. The van der Waals surface area contributed by atoms with E-state index in [-0.39, 0.29) is 6.61 Å². The first-order valence-corrected chi connectivity index (χ1v) is 5.77. The van der Waals surface area contributed by atoms with Crippen LogP contribution in [0.1, 0.15) is 44.9 Å². The average molecular weight is 205 g/mol. The first-order chi connectivity index (χ1) is 6.41. The second kappa shape index (κ2) is 12.0. The van der Waals surface area contributed by atoms with Gasteiger partial charge in [-0.15, -0.1) is 11.6 Å². The van der Waals surface area contributed by atoms with Crippen molar-refractivity contribution in [2.24, 2.45) is 0 Å². The largest absolute Gasteiger partial charge is 0.396 e. The zero-order valence-electron chi connectivity index (χ0n) is 8.34. The predicted molar refractivity (Wildman–Crippen MR) is 59.3 cm³/mol. The molecule has 0 fully saturated rings. The Hall–Kier alpha value is -0.0100. The van der Waals surface area contributed by atoms with E-state index in [4.69, 9.17) is 16.7 Å². The van der Waals surface area contributed by atoms with Gasteiger partial charge >= 0.3 is 0 Å². The fraction of sp³-hybridized carbons (Fsp3) is 0.818. The van der Waals surface area contributed by atoms with E-state index in [0.29, 0.717) is 0 Å². The number of aliphatic hydroxyl groups is 1. The molecule has 78 valence electrons. The van der Waals surface area contributed by atoms with Crippen molar-refractivity contribution in [2.45, 2.75) is 44.9 Å². The number of alkyl halides is 1. The topological polar surface area (TPSA) is 20.2 Å². The number of allylic oxidation sites excluding steroid dienone is 1. The van der Waals surface area contributed by atoms with Crippen LogP contribution in [0.25, 0.3) is 0 Å². The van der Waals surface area contributed by atoms with Crippen LogP contribution in [0, 0.1) is 0 Å². The lowest BCUT2D eigenvalue weighted by molar-refractivity contribution is 0.302. The van der Waals surface area contributed by atoms with Crippen molar-refractivity contribution in [1.82, 2.24) is 0 Å². The van der Waals surface area contributed by atoms with Gasteiger partial charge in [-0.05, 0) is 25.7 Å². The minimum absolute atomic E-state index is 0.270. The molecule has 0 unspecified atom stereocenters. The lowest BCUT2D eigenvalue weighted by Crippen LogP contribution is -1.80. The zero-order chi connectivity index (χ0) is 9.78. The number of unbranched alkanes of at least 4 members (excludes halogenated alkanes) is 5. The van der Waals surface area contributed by atoms with Crippen molar-refractivity contribution in [3.8, 4) is 0 Å². The van der Waals surface area contributed by atoms with Crippen molar-refractivity contribution in [3.05, 3.63) is 12.2 Å². The first kappa shape index (κ1) is 13.0. The van der Waals surface area contributed by atoms with Gasteiger partial charge in [-0.1, -0.05) is 31.4 Å². The Morgan fingerprint density at radius 3 is 2.15 bits per heavy atom. The van der Waals surface area contributed by atoms with E-state index >= 15 is 0 Å². The zero-order valence-corrected chi connectivity index (χ0v) is 9.10. The number of rotatable bonds is 9. The van der Waals surface area contributed by atoms with Crippen LogP contribution in [0.15, 0.2) is 12.2 Å². The monoisotopic (exact) mass is 204 g/mol. The molecule has 0 radical (unpaired) electrons. The van der Waals surface area contributed by atoms with Crippen LogP contribution in [0.5, 0.6) is 0 Å². The summed E-state index contributed by atoms with van der Waals surface area (Å²) in [6, 6.07) is 0. The molecule has 0 saturated carbocycles. The number of hydrogen-bond donors (Lipinski definition) is 1. The van der Waals surface area contributed by atoms with E-state index in [2.05, 4.69) is 12.2 Å². The maximum absolute atomic E-state index is 8.50. The van der Waals surface area contributed by atoms with Gasteiger partial charge in [0.15, 0.2) is 0 Å². The molecule has 0 aromatic carbocycles. The lowest BCUT2D eigenvalue weighted by atomic mass is 10.1. The smallest absolute Gasteiger partial charge is 0.0465 e. The van der Waals surface area contributed by atoms with Gasteiger partial charge in [0.25, 0.3) is 0 Å². The molecule has 0 spiro atoms. The number of hydrogen-bond acceptors (Lipinski definition) is 1. The second-order valence-electron chi connectivity index (χ2n) is 3.23. The summed E-state index contributed by atoms with van der Waals surface area (Å²) in [5.41, 5.74) is 0. The molecule has 0 aromatic rings. The molecular weight excluding hydrogens is 184 g/mol. The summed E-state index contributed by atoms with van der Waals surface area (Å²) < 4.78 is 0. The third-order valence-corrected chi connectivity index (χ3v) is 2.23. The summed E-state index contributed by atoms with van der Waals surface area (Å²) in [6.07, 6.45) is 12.5. The van der Waals surface area contributed by atoms with Gasteiger partial charge in [-0.3, -0.25) is 0 Å². The molecule has 0 rings (SSSR count). The van der Waals surface area contributed by atoms with Gasteiger partial charge in [-0.2, -0.15) is 0 Å². The molecule has 0 aromatic heterocycles. The van der Waals surface area contributed by atoms with Crippen LogP contribution in [0.4, 0.5) is 0 Å². The van der Waals surface area contributed by atoms with Crippen LogP contribution in [-0.2, 0) is 0 Å². The third-order valence-electron chi connectivity index (χ3n) is 1.97. The molecule has 0 aliphatic carbocycles. The molecule has 2 heteroatoms. The summed E-state index contributed by atoms with van der Waals surface area (Å²) in [6.45, 7) is 0.270. The predicted octanol–water partition coefficient (Wildman–Crippen LogP) is 3.50. The van der Waals surface area contributed by atoms with Gasteiger partial charge in [0, 0.05) is 12.5 Å². The maximum atomic E-state index is 8.50. The number of halogens is 1. The van der Waals surface area contributed by atoms with Crippen LogP contribution >= 0.6 is 11.6 Å². The van der Waals surface area contributed by atoms with Crippen LogP contribution in [0.3, 0.4) is 0 Å². The second-order valence-corrected chi connectivity index (χ2v) is 3.61. The van der Waals surface area contributed by atoms with Crippen molar-refractivity contribution in [2.75, 3.05) is 12.5 Å². The van der Waals surface area contributed by atoms with Gasteiger partial charge in [0.05, 0.1) is 0 Å². The van der Waals surface area contributed by atoms with Crippen LogP contribution < -0.4 is 0 Å². The van der Waals surface area contributed by atoms with Gasteiger partial charge in [0.2, 0.25) is 0 Å². The molecule has 1 nitrogen and oxygen atoms in total. The average Bonchev–Trinajstić information content (AvgIpc) is 2.16.